The van der Waals surface area contributed by atoms with Crippen LogP contribution in [0.1, 0.15) is 52.7 Å². The van der Waals surface area contributed by atoms with Crippen LogP contribution in [0.25, 0.3) is 0 Å². The summed E-state index contributed by atoms with van der Waals surface area (Å²) in [6.45, 7) is 6.68. The van der Waals surface area contributed by atoms with Gasteiger partial charge in [-0.25, -0.2) is 8.42 Å². The molecule has 2 saturated heterocycles. The van der Waals surface area contributed by atoms with Crippen molar-refractivity contribution in [1.29, 1.82) is 0 Å². The predicted molar refractivity (Wildman–Crippen MR) is 165 cm³/mol. The van der Waals surface area contributed by atoms with E-state index in [1.807, 2.05) is 78.2 Å². The standard InChI is InChI=1S/C34H41N3O4S/c1-25-8-12-30(13-9-25)33(38)36-20-16-28(17-21-36)29-18-22-37(23-19-29)34(39)32(24-27-6-4-3-5-7-27)35-42(40,41)31-14-10-26(2)11-15-31/h3-15,28-29,32,35H,16-24H2,1-2H3. The van der Waals surface area contributed by atoms with Gasteiger partial charge in [0.15, 0.2) is 0 Å². The molecule has 42 heavy (non-hydrogen) atoms. The number of benzene rings is 3. The predicted octanol–water partition coefficient (Wildman–Crippen LogP) is 4.98. The Morgan fingerprint density at radius 3 is 1.79 bits per heavy atom. The fraction of sp³-hybridized carbons (Fsp3) is 0.412. The number of carbonyl (C=O) groups excluding carboxylic acids is 2. The van der Waals surface area contributed by atoms with Gasteiger partial charge >= 0.3 is 0 Å². The molecule has 3 aromatic carbocycles. The lowest BCUT2D eigenvalue weighted by atomic mass is 9.78. The lowest BCUT2D eigenvalue weighted by Gasteiger charge is -2.41. The number of sulfonamides is 1. The van der Waals surface area contributed by atoms with Gasteiger partial charge in [0.05, 0.1) is 4.90 Å². The molecule has 2 heterocycles. The summed E-state index contributed by atoms with van der Waals surface area (Å²) in [4.78, 5) is 30.7. The third kappa shape index (κ3) is 7.28. The molecule has 0 bridgehead atoms. The normalized spacial score (nSPS) is 17.7. The van der Waals surface area contributed by atoms with Crippen molar-refractivity contribution >= 4 is 21.8 Å². The first-order valence-corrected chi connectivity index (χ1v) is 16.5. The molecule has 0 spiro atoms. The van der Waals surface area contributed by atoms with Crippen LogP contribution in [0.15, 0.2) is 83.8 Å². The quantitative estimate of drug-likeness (QED) is 0.403. The van der Waals surface area contributed by atoms with Crippen molar-refractivity contribution in [3.63, 3.8) is 0 Å². The number of hydrogen-bond acceptors (Lipinski definition) is 4. The van der Waals surface area contributed by atoms with Gasteiger partial charge < -0.3 is 9.80 Å². The lowest BCUT2D eigenvalue weighted by molar-refractivity contribution is -0.134. The first-order chi connectivity index (χ1) is 20.2. The first kappa shape index (κ1) is 30.0. The summed E-state index contributed by atoms with van der Waals surface area (Å²) in [5.41, 5.74) is 3.76. The summed E-state index contributed by atoms with van der Waals surface area (Å²) in [5.74, 6) is 0.963. The Morgan fingerprint density at radius 1 is 0.738 bits per heavy atom. The molecule has 2 aliphatic rings. The molecule has 2 amide bonds. The Labute approximate surface area is 250 Å². The molecule has 8 heteroatoms. The van der Waals surface area contributed by atoms with Crippen LogP contribution in [0.2, 0.25) is 0 Å². The number of rotatable bonds is 8. The molecular formula is C34H41N3O4S. The van der Waals surface area contributed by atoms with Crippen LogP contribution >= 0.6 is 0 Å². The lowest BCUT2D eigenvalue weighted by Crippen LogP contribution is -2.52. The average molecular weight is 588 g/mol. The molecule has 0 saturated carbocycles. The molecule has 1 N–H and O–H groups in total. The molecule has 3 aromatic rings. The first-order valence-electron chi connectivity index (χ1n) is 15.0. The Hall–Kier alpha value is -3.49. The number of amides is 2. The van der Waals surface area contributed by atoms with Crippen molar-refractivity contribution in [3.8, 4) is 0 Å². The number of aryl methyl sites for hydroxylation is 2. The van der Waals surface area contributed by atoms with E-state index < -0.39 is 16.1 Å². The second kappa shape index (κ2) is 13.2. The summed E-state index contributed by atoms with van der Waals surface area (Å²) < 4.78 is 29.2. The molecule has 222 valence electrons. The molecule has 2 fully saturated rings. The Kier molecular flexibility index (Phi) is 9.43. The molecular weight excluding hydrogens is 546 g/mol. The van der Waals surface area contributed by atoms with Crippen LogP contribution in [0.4, 0.5) is 0 Å². The largest absolute Gasteiger partial charge is 0.341 e. The van der Waals surface area contributed by atoms with Crippen LogP contribution in [0, 0.1) is 25.7 Å². The van der Waals surface area contributed by atoms with E-state index in [0.717, 1.165) is 61.0 Å². The summed E-state index contributed by atoms with van der Waals surface area (Å²) in [5, 5.41) is 0. The minimum Gasteiger partial charge on any atom is -0.341 e. The number of piperidine rings is 2. The van der Waals surface area contributed by atoms with E-state index in [2.05, 4.69) is 4.72 Å². The smallest absolute Gasteiger partial charge is 0.253 e. The molecule has 0 aromatic heterocycles. The fourth-order valence-corrected chi connectivity index (χ4v) is 7.46. The van der Waals surface area contributed by atoms with E-state index in [4.69, 9.17) is 0 Å². The van der Waals surface area contributed by atoms with E-state index in [-0.39, 0.29) is 23.1 Å². The third-order valence-electron chi connectivity index (χ3n) is 8.85. The van der Waals surface area contributed by atoms with Crippen molar-refractivity contribution in [2.45, 2.75) is 56.9 Å². The van der Waals surface area contributed by atoms with Gasteiger partial charge in [-0.1, -0.05) is 65.7 Å². The van der Waals surface area contributed by atoms with Crippen molar-refractivity contribution in [3.05, 3.63) is 101 Å². The molecule has 2 aliphatic heterocycles. The highest BCUT2D eigenvalue weighted by molar-refractivity contribution is 7.89. The van der Waals surface area contributed by atoms with Gasteiger partial charge in [-0.3, -0.25) is 9.59 Å². The summed E-state index contributed by atoms with van der Waals surface area (Å²) >= 11 is 0. The summed E-state index contributed by atoms with van der Waals surface area (Å²) in [6, 6.07) is 23.1. The van der Waals surface area contributed by atoms with Gasteiger partial charge in [0.25, 0.3) is 5.91 Å². The molecule has 0 radical (unpaired) electrons. The summed E-state index contributed by atoms with van der Waals surface area (Å²) in [6.07, 6.45) is 4.03. The Morgan fingerprint density at radius 2 is 1.24 bits per heavy atom. The number of nitrogens with zero attached hydrogens (tertiary/aromatic N) is 2. The van der Waals surface area contributed by atoms with E-state index in [1.54, 1.807) is 24.3 Å². The number of carbonyl (C=O) groups is 2. The highest BCUT2D eigenvalue weighted by atomic mass is 32.2. The van der Waals surface area contributed by atoms with Crippen molar-refractivity contribution < 1.29 is 18.0 Å². The van der Waals surface area contributed by atoms with E-state index in [0.29, 0.717) is 24.9 Å². The van der Waals surface area contributed by atoms with Crippen LogP contribution in [-0.2, 0) is 21.2 Å². The van der Waals surface area contributed by atoms with Gasteiger partial charge in [-0.2, -0.15) is 4.72 Å². The number of likely N-dealkylation sites (tertiary alicyclic amines) is 2. The average Bonchev–Trinajstić information content (AvgIpc) is 3.01. The van der Waals surface area contributed by atoms with Crippen LogP contribution in [0.3, 0.4) is 0 Å². The monoisotopic (exact) mass is 587 g/mol. The maximum absolute atomic E-state index is 13.8. The molecule has 0 aliphatic carbocycles. The molecule has 1 unspecified atom stereocenters. The van der Waals surface area contributed by atoms with Crippen LogP contribution in [0.5, 0.6) is 0 Å². The number of nitrogens with one attached hydrogen (secondary N) is 1. The maximum Gasteiger partial charge on any atom is 0.253 e. The van der Waals surface area contributed by atoms with Crippen LogP contribution in [-0.4, -0.2) is 62.3 Å². The third-order valence-corrected chi connectivity index (χ3v) is 10.3. The van der Waals surface area contributed by atoms with Gasteiger partial charge in [0.2, 0.25) is 15.9 Å². The fourth-order valence-electron chi connectivity index (χ4n) is 6.27. The zero-order chi connectivity index (χ0) is 29.7. The van der Waals surface area contributed by atoms with Gasteiger partial charge in [0, 0.05) is 31.7 Å². The van der Waals surface area contributed by atoms with Gasteiger partial charge in [0.1, 0.15) is 6.04 Å². The topological polar surface area (TPSA) is 86.8 Å². The van der Waals surface area contributed by atoms with Gasteiger partial charge in [-0.15, -0.1) is 0 Å². The highest BCUT2D eigenvalue weighted by Crippen LogP contribution is 2.33. The van der Waals surface area contributed by atoms with Crippen molar-refractivity contribution in [2.75, 3.05) is 26.2 Å². The minimum atomic E-state index is -3.87. The number of hydrogen-bond donors (Lipinski definition) is 1. The minimum absolute atomic E-state index is 0.103. The van der Waals surface area contributed by atoms with Gasteiger partial charge in [-0.05, 0) is 87.6 Å². The Bertz CT molecular complexity index is 1460. The zero-order valence-corrected chi connectivity index (χ0v) is 25.4. The maximum atomic E-state index is 13.8. The van der Waals surface area contributed by atoms with E-state index in [9.17, 15) is 18.0 Å². The highest BCUT2D eigenvalue weighted by Gasteiger charge is 2.35. The van der Waals surface area contributed by atoms with Crippen molar-refractivity contribution in [1.82, 2.24) is 14.5 Å². The molecule has 5 rings (SSSR count). The van der Waals surface area contributed by atoms with Crippen molar-refractivity contribution in [2.24, 2.45) is 11.8 Å². The Balaban J connectivity index is 1.19. The van der Waals surface area contributed by atoms with Crippen LogP contribution < -0.4 is 4.72 Å². The zero-order valence-electron chi connectivity index (χ0n) is 24.5. The second-order valence-corrected chi connectivity index (χ2v) is 13.5. The van der Waals surface area contributed by atoms with E-state index in [1.165, 1.54) is 0 Å². The summed E-state index contributed by atoms with van der Waals surface area (Å²) in [7, 11) is -3.87. The molecule has 1 atom stereocenters. The second-order valence-electron chi connectivity index (χ2n) is 11.8. The van der Waals surface area contributed by atoms with E-state index >= 15 is 0 Å². The SMILES string of the molecule is Cc1ccc(C(=O)N2CCC(C3CCN(C(=O)C(Cc4ccccc4)NS(=O)(=O)c4ccc(C)cc4)CC3)CC2)cc1. The molecule has 7 nitrogen and oxygen atoms in total.